The van der Waals surface area contributed by atoms with Gasteiger partial charge in [0.25, 0.3) is 5.69 Å². The van der Waals surface area contributed by atoms with E-state index in [9.17, 15) is 10.1 Å². The van der Waals surface area contributed by atoms with Crippen molar-refractivity contribution in [1.29, 1.82) is 0 Å². The van der Waals surface area contributed by atoms with Gasteiger partial charge in [-0.25, -0.2) is 4.98 Å². The average Bonchev–Trinajstić information content (AvgIpc) is 2.87. The molecule has 0 radical (unpaired) electrons. The van der Waals surface area contributed by atoms with Gasteiger partial charge < -0.3 is 9.64 Å². The first-order valence-electron chi connectivity index (χ1n) is 7.08. The van der Waals surface area contributed by atoms with Crippen LogP contribution >= 0.6 is 11.6 Å². The quantitative estimate of drug-likeness (QED) is 0.595. The number of ether oxygens (including phenoxy) is 1. The van der Waals surface area contributed by atoms with Crippen molar-refractivity contribution in [3.63, 3.8) is 0 Å². The van der Waals surface area contributed by atoms with Gasteiger partial charge in [0, 0.05) is 25.8 Å². The van der Waals surface area contributed by atoms with Crippen molar-refractivity contribution in [3.05, 3.63) is 27.4 Å². The Hall–Kier alpha value is -1.40. The zero-order valence-electron chi connectivity index (χ0n) is 12.3. The molecule has 6 nitrogen and oxygen atoms in total. The minimum Gasteiger partial charge on any atom is -0.383 e. The maximum atomic E-state index is 10.8. The summed E-state index contributed by atoms with van der Waals surface area (Å²) in [6, 6.07) is 1.73. The van der Waals surface area contributed by atoms with Gasteiger partial charge in [-0.1, -0.05) is 18.5 Å². The van der Waals surface area contributed by atoms with Crippen molar-refractivity contribution in [2.24, 2.45) is 5.92 Å². The number of methoxy groups -OCH3 is 1. The predicted molar refractivity (Wildman–Crippen MR) is 81.9 cm³/mol. The third kappa shape index (κ3) is 3.83. The van der Waals surface area contributed by atoms with Crippen molar-refractivity contribution in [2.45, 2.75) is 32.2 Å². The van der Waals surface area contributed by atoms with Crippen LogP contribution in [0, 0.1) is 16.0 Å². The number of hydrogen-bond donors (Lipinski definition) is 0. The molecule has 0 N–H and O–H groups in total. The molecule has 1 aliphatic carbocycles. The topological polar surface area (TPSA) is 68.5 Å². The molecule has 0 amide bonds. The van der Waals surface area contributed by atoms with Crippen LogP contribution in [0.25, 0.3) is 0 Å². The van der Waals surface area contributed by atoms with E-state index in [0.717, 1.165) is 12.8 Å². The summed E-state index contributed by atoms with van der Waals surface area (Å²) in [5, 5.41) is 11.1. The number of nitrogens with zero attached hydrogens (tertiary/aromatic N) is 3. The Labute approximate surface area is 129 Å². The molecule has 21 heavy (non-hydrogen) atoms. The fraction of sp³-hybridized carbons (Fsp3) is 0.643. The van der Waals surface area contributed by atoms with Crippen molar-refractivity contribution in [3.8, 4) is 0 Å². The van der Waals surface area contributed by atoms with Crippen molar-refractivity contribution in [2.75, 3.05) is 25.2 Å². The van der Waals surface area contributed by atoms with Crippen molar-refractivity contribution >= 4 is 23.1 Å². The molecular formula is C14H20ClN3O3. The zero-order chi connectivity index (χ0) is 15.4. The molecule has 116 valence electrons. The monoisotopic (exact) mass is 313 g/mol. The fourth-order valence-electron chi connectivity index (χ4n) is 2.84. The van der Waals surface area contributed by atoms with Gasteiger partial charge >= 0.3 is 0 Å². The molecule has 0 bridgehead atoms. The third-order valence-electron chi connectivity index (χ3n) is 3.93. The van der Waals surface area contributed by atoms with Gasteiger partial charge in [0.15, 0.2) is 0 Å². The Bertz CT molecular complexity index is 512. The first-order chi connectivity index (χ1) is 10.0. The van der Waals surface area contributed by atoms with Crippen LogP contribution in [0.1, 0.15) is 26.2 Å². The highest BCUT2D eigenvalue weighted by atomic mass is 35.5. The van der Waals surface area contributed by atoms with Gasteiger partial charge in [0.05, 0.1) is 16.6 Å². The predicted octanol–water partition coefficient (Wildman–Crippen LogP) is 3.28. The van der Waals surface area contributed by atoms with Crippen LogP contribution in [0.4, 0.5) is 11.5 Å². The van der Waals surface area contributed by atoms with E-state index in [0.29, 0.717) is 36.0 Å². The van der Waals surface area contributed by atoms with E-state index in [4.69, 9.17) is 16.3 Å². The lowest BCUT2D eigenvalue weighted by molar-refractivity contribution is -0.385. The second kappa shape index (κ2) is 7.04. The van der Waals surface area contributed by atoms with Crippen molar-refractivity contribution < 1.29 is 9.66 Å². The summed E-state index contributed by atoms with van der Waals surface area (Å²) < 4.78 is 5.16. The highest BCUT2D eigenvalue weighted by molar-refractivity contribution is 6.33. The molecule has 0 aromatic carbocycles. The molecule has 1 aromatic heterocycles. The molecule has 1 heterocycles. The fourth-order valence-corrected chi connectivity index (χ4v) is 3.11. The minimum atomic E-state index is -0.486. The molecule has 2 rings (SSSR count). The normalized spacial score (nSPS) is 21.5. The standard InChI is InChI=1S/C14H20ClN3O3/c1-10-3-4-11(7-10)17(5-6-21-2)14-13(15)8-12(9-16-14)18(19)20/h8-11H,3-7H2,1-2H3. The van der Waals surface area contributed by atoms with Crippen molar-refractivity contribution in [1.82, 2.24) is 4.98 Å². The molecule has 1 aliphatic rings. The SMILES string of the molecule is COCCN(c1ncc([N+](=O)[O-])cc1Cl)C1CCC(C)C1. The van der Waals surface area contributed by atoms with Crippen LogP contribution in [0.3, 0.4) is 0 Å². The molecule has 2 atom stereocenters. The number of halogens is 1. The Balaban J connectivity index is 2.25. The maximum absolute atomic E-state index is 10.8. The largest absolute Gasteiger partial charge is 0.383 e. The van der Waals surface area contributed by atoms with Crippen LogP contribution in [0.5, 0.6) is 0 Å². The Morgan fingerprint density at radius 1 is 1.57 bits per heavy atom. The van der Waals surface area contributed by atoms with E-state index < -0.39 is 4.92 Å². The second-order valence-corrected chi connectivity index (χ2v) is 5.92. The Kier molecular flexibility index (Phi) is 5.36. The van der Waals surface area contributed by atoms with Gasteiger partial charge in [0.2, 0.25) is 0 Å². The molecule has 7 heteroatoms. The van der Waals surface area contributed by atoms with E-state index in [1.807, 2.05) is 0 Å². The van der Waals surface area contributed by atoms with E-state index in [2.05, 4.69) is 16.8 Å². The number of aromatic nitrogens is 1. The van der Waals surface area contributed by atoms with Gasteiger partial charge in [-0.05, 0) is 25.2 Å². The lowest BCUT2D eigenvalue weighted by Crippen LogP contribution is -2.37. The number of anilines is 1. The summed E-state index contributed by atoms with van der Waals surface area (Å²) in [5.74, 6) is 1.29. The lowest BCUT2D eigenvalue weighted by Gasteiger charge is -2.30. The third-order valence-corrected chi connectivity index (χ3v) is 4.21. The number of hydrogen-bond acceptors (Lipinski definition) is 5. The van der Waals surface area contributed by atoms with Gasteiger partial charge in [0.1, 0.15) is 12.0 Å². The van der Waals surface area contributed by atoms with Crippen LogP contribution in [0.15, 0.2) is 12.3 Å². The summed E-state index contributed by atoms with van der Waals surface area (Å²) in [4.78, 5) is 16.6. The molecule has 1 saturated carbocycles. The van der Waals surface area contributed by atoms with Crippen LogP contribution in [0.2, 0.25) is 5.02 Å². The second-order valence-electron chi connectivity index (χ2n) is 5.51. The summed E-state index contributed by atoms with van der Waals surface area (Å²) >= 11 is 6.21. The first-order valence-corrected chi connectivity index (χ1v) is 7.46. The summed E-state index contributed by atoms with van der Waals surface area (Å²) in [7, 11) is 1.65. The molecule has 0 aliphatic heterocycles. The maximum Gasteiger partial charge on any atom is 0.289 e. The summed E-state index contributed by atoms with van der Waals surface area (Å²) in [5.41, 5.74) is -0.0877. The van der Waals surface area contributed by atoms with E-state index >= 15 is 0 Å². The average molecular weight is 314 g/mol. The van der Waals surface area contributed by atoms with Gasteiger partial charge in [-0.2, -0.15) is 0 Å². The smallest absolute Gasteiger partial charge is 0.289 e. The van der Waals surface area contributed by atoms with Crippen LogP contribution in [-0.4, -0.2) is 36.2 Å². The number of nitro groups is 1. The first kappa shape index (κ1) is 16.0. The Morgan fingerprint density at radius 2 is 2.33 bits per heavy atom. The lowest BCUT2D eigenvalue weighted by atomic mass is 10.1. The Morgan fingerprint density at radius 3 is 2.86 bits per heavy atom. The van der Waals surface area contributed by atoms with Crippen LogP contribution < -0.4 is 4.90 Å². The number of pyridine rings is 1. The molecular weight excluding hydrogens is 294 g/mol. The van der Waals surface area contributed by atoms with E-state index in [1.54, 1.807) is 7.11 Å². The molecule has 0 spiro atoms. The molecule has 1 fully saturated rings. The van der Waals surface area contributed by atoms with Crippen LogP contribution in [-0.2, 0) is 4.74 Å². The molecule has 0 saturated heterocycles. The minimum absolute atomic E-state index is 0.0877. The molecule has 2 unspecified atom stereocenters. The highest BCUT2D eigenvalue weighted by Crippen LogP contribution is 2.35. The van der Waals surface area contributed by atoms with Gasteiger partial charge in [-0.15, -0.1) is 0 Å². The highest BCUT2D eigenvalue weighted by Gasteiger charge is 2.29. The number of rotatable bonds is 6. The summed E-state index contributed by atoms with van der Waals surface area (Å²) in [6.07, 6.45) is 4.61. The summed E-state index contributed by atoms with van der Waals surface area (Å²) in [6.45, 7) is 3.48. The van der Waals surface area contributed by atoms with E-state index in [1.165, 1.54) is 18.7 Å². The van der Waals surface area contributed by atoms with Gasteiger partial charge in [-0.3, -0.25) is 10.1 Å². The van der Waals surface area contributed by atoms with E-state index in [-0.39, 0.29) is 5.69 Å². The molecule has 1 aromatic rings. The zero-order valence-corrected chi connectivity index (χ0v) is 13.0.